The fraction of sp³-hybridized carbons (Fsp3) is 0.684. The van der Waals surface area contributed by atoms with E-state index in [1.165, 1.54) is 0 Å². The molecule has 1 aromatic heterocycles. The van der Waals surface area contributed by atoms with E-state index >= 15 is 0 Å². The maximum Gasteiger partial charge on any atom is 0.242 e. The molecular weight excluding hydrogens is 354 g/mol. The molecule has 6 nitrogen and oxygen atoms in total. The summed E-state index contributed by atoms with van der Waals surface area (Å²) < 4.78 is 7.06. The number of alkyl halides is 1. The van der Waals surface area contributed by atoms with E-state index in [2.05, 4.69) is 6.92 Å². The zero-order valence-corrected chi connectivity index (χ0v) is 17.2. The highest BCUT2D eigenvalue weighted by Gasteiger charge is 2.24. The van der Waals surface area contributed by atoms with E-state index in [4.69, 9.17) is 16.3 Å². The summed E-state index contributed by atoms with van der Waals surface area (Å²) in [5, 5.41) is -0.651. The minimum atomic E-state index is -0.651. The number of hydrogen-bond donors (Lipinski definition) is 0. The maximum absolute atomic E-state index is 12.9. The number of ether oxygens (including phenoxy) is 1. The van der Waals surface area contributed by atoms with Crippen molar-refractivity contribution < 1.29 is 14.3 Å². The molecule has 0 radical (unpaired) electrons. The molecule has 0 bridgehead atoms. The van der Waals surface area contributed by atoms with Gasteiger partial charge in [0.05, 0.1) is 13.1 Å². The molecule has 0 N–H and O–H groups in total. The Balaban J connectivity index is 2.81. The summed E-state index contributed by atoms with van der Waals surface area (Å²) in [5.41, 5.74) is 1.07. The highest BCUT2D eigenvalue weighted by molar-refractivity contribution is 6.30. The number of carbonyl (C=O) groups is 2. The molecule has 2 amide bonds. The fourth-order valence-corrected chi connectivity index (χ4v) is 2.82. The van der Waals surface area contributed by atoms with Gasteiger partial charge in [0, 0.05) is 45.7 Å². The Bertz CT molecular complexity index is 560. The highest BCUT2D eigenvalue weighted by atomic mass is 35.5. The van der Waals surface area contributed by atoms with Crippen molar-refractivity contribution in [2.75, 3.05) is 33.4 Å². The molecule has 0 aliphatic rings. The van der Waals surface area contributed by atoms with Crippen LogP contribution in [0, 0.1) is 0 Å². The quantitative estimate of drug-likeness (QED) is 0.410. The number of halogens is 1. The number of aromatic nitrogens is 1. The summed E-state index contributed by atoms with van der Waals surface area (Å²) in [6.07, 6.45) is 4.57. The van der Waals surface area contributed by atoms with Crippen molar-refractivity contribution in [2.24, 2.45) is 7.05 Å². The Morgan fingerprint density at radius 2 is 1.96 bits per heavy atom. The molecule has 0 fully saturated rings. The number of nitrogens with zero attached hydrogens (tertiary/aromatic N) is 3. The first-order chi connectivity index (χ1) is 12.4. The van der Waals surface area contributed by atoms with Crippen LogP contribution in [-0.2, 0) is 27.9 Å². The summed E-state index contributed by atoms with van der Waals surface area (Å²) in [4.78, 5) is 28.6. The first-order valence-corrected chi connectivity index (χ1v) is 9.64. The Morgan fingerprint density at radius 3 is 2.50 bits per heavy atom. The third-order valence-electron chi connectivity index (χ3n) is 4.29. The molecule has 7 heteroatoms. The lowest BCUT2D eigenvalue weighted by Gasteiger charge is -2.28. The topological polar surface area (TPSA) is 54.8 Å². The second kappa shape index (κ2) is 12.0. The molecule has 0 aliphatic heterocycles. The molecule has 1 atom stereocenters. The molecule has 1 rings (SSSR count). The summed E-state index contributed by atoms with van der Waals surface area (Å²) in [5.74, 6) is -0.270. The van der Waals surface area contributed by atoms with Gasteiger partial charge in [0.1, 0.15) is 5.38 Å². The van der Waals surface area contributed by atoms with Gasteiger partial charge in [-0.1, -0.05) is 13.3 Å². The van der Waals surface area contributed by atoms with Crippen LogP contribution >= 0.6 is 11.6 Å². The summed E-state index contributed by atoms with van der Waals surface area (Å²) in [6, 6.07) is 3.97. The van der Waals surface area contributed by atoms with Gasteiger partial charge in [0.2, 0.25) is 11.8 Å². The van der Waals surface area contributed by atoms with E-state index in [1.807, 2.05) is 34.8 Å². The van der Waals surface area contributed by atoms with E-state index in [0.717, 1.165) is 18.5 Å². The Morgan fingerprint density at radius 1 is 1.27 bits per heavy atom. The Labute approximate surface area is 162 Å². The van der Waals surface area contributed by atoms with Crippen LogP contribution in [0.3, 0.4) is 0 Å². The lowest BCUT2D eigenvalue weighted by molar-refractivity contribution is -0.140. The van der Waals surface area contributed by atoms with Gasteiger partial charge in [-0.2, -0.15) is 0 Å². The van der Waals surface area contributed by atoms with Crippen molar-refractivity contribution in [1.82, 2.24) is 14.4 Å². The van der Waals surface area contributed by atoms with E-state index in [0.29, 0.717) is 32.7 Å². The van der Waals surface area contributed by atoms with Crippen molar-refractivity contribution >= 4 is 23.4 Å². The van der Waals surface area contributed by atoms with E-state index in [9.17, 15) is 9.59 Å². The minimum absolute atomic E-state index is 0.0493. The van der Waals surface area contributed by atoms with Crippen molar-refractivity contribution in [3.05, 3.63) is 24.0 Å². The molecule has 1 unspecified atom stereocenters. The van der Waals surface area contributed by atoms with Crippen molar-refractivity contribution in [1.29, 1.82) is 0 Å². The monoisotopic (exact) mass is 385 g/mol. The largest absolute Gasteiger partial charge is 0.385 e. The Kier molecular flexibility index (Phi) is 10.4. The van der Waals surface area contributed by atoms with E-state index in [-0.39, 0.29) is 18.4 Å². The molecule has 0 spiro atoms. The van der Waals surface area contributed by atoms with Gasteiger partial charge in [-0.3, -0.25) is 9.59 Å². The summed E-state index contributed by atoms with van der Waals surface area (Å²) in [6.45, 7) is 6.00. The lowest BCUT2D eigenvalue weighted by atomic mass is 10.2. The van der Waals surface area contributed by atoms with Crippen LogP contribution < -0.4 is 0 Å². The zero-order chi connectivity index (χ0) is 19.5. The number of rotatable bonds is 12. The van der Waals surface area contributed by atoms with Gasteiger partial charge in [0.25, 0.3) is 0 Å². The van der Waals surface area contributed by atoms with E-state index in [1.54, 1.807) is 18.9 Å². The molecule has 26 heavy (non-hydrogen) atoms. The van der Waals surface area contributed by atoms with Crippen molar-refractivity contribution in [3.8, 4) is 0 Å². The average molecular weight is 386 g/mol. The summed E-state index contributed by atoms with van der Waals surface area (Å²) >= 11 is 5.97. The van der Waals surface area contributed by atoms with Crippen molar-refractivity contribution in [2.45, 2.75) is 45.0 Å². The van der Waals surface area contributed by atoms with Crippen molar-refractivity contribution in [3.63, 3.8) is 0 Å². The van der Waals surface area contributed by atoms with Crippen LogP contribution in [0.4, 0.5) is 0 Å². The van der Waals surface area contributed by atoms with Gasteiger partial charge < -0.3 is 19.1 Å². The first-order valence-electron chi connectivity index (χ1n) is 9.20. The molecule has 0 saturated carbocycles. The summed E-state index contributed by atoms with van der Waals surface area (Å²) in [7, 11) is 3.58. The van der Waals surface area contributed by atoms with Gasteiger partial charge >= 0.3 is 0 Å². The van der Waals surface area contributed by atoms with Crippen LogP contribution in [0.5, 0.6) is 0 Å². The van der Waals surface area contributed by atoms with Gasteiger partial charge in [-0.15, -0.1) is 11.6 Å². The van der Waals surface area contributed by atoms with Gasteiger partial charge in [0.15, 0.2) is 0 Å². The number of hydrogen-bond acceptors (Lipinski definition) is 3. The molecular formula is C19H32ClN3O3. The minimum Gasteiger partial charge on any atom is -0.385 e. The van der Waals surface area contributed by atoms with Crippen LogP contribution in [0.25, 0.3) is 0 Å². The number of methoxy groups -OCH3 is 1. The average Bonchev–Trinajstić information content (AvgIpc) is 3.01. The smallest absolute Gasteiger partial charge is 0.242 e. The standard InChI is InChI=1S/C19H32ClN3O3/c1-5-6-11-22(14-17-9-7-10-21(17)3)18(24)15-23(12-8-13-26-4)19(25)16(2)20/h7,9-10,16H,5-6,8,11-15H2,1-4H3. The number of carbonyl (C=O) groups excluding carboxylic acids is 2. The predicted molar refractivity (Wildman–Crippen MR) is 104 cm³/mol. The highest BCUT2D eigenvalue weighted by Crippen LogP contribution is 2.10. The number of amides is 2. The van der Waals surface area contributed by atoms with Gasteiger partial charge in [-0.05, 0) is 31.9 Å². The second-order valence-corrected chi connectivity index (χ2v) is 7.16. The number of aryl methyl sites for hydroxylation is 1. The first kappa shape index (κ1) is 22.5. The van der Waals surface area contributed by atoms with Gasteiger partial charge in [-0.25, -0.2) is 0 Å². The molecule has 0 saturated heterocycles. The third-order valence-corrected chi connectivity index (χ3v) is 4.48. The maximum atomic E-state index is 12.9. The molecule has 0 aromatic carbocycles. The zero-order valence-electron chi connectivity index (χ0n) is 16.4. The molecule has 1 heterocycles. The predicted octanol–water partition coefficient (Wildman–Crippen LogP) is 2.65. The van der Waals surface area contributed by atoms with Crippen LogP contribution in [0.2, 0.25) is 0 Å². The van der Waals surface area contributed by atoms with E-state index < -0.39 is 5.38 Å². The molecule has 148 valence electrons. The van der Waals surface area contributed by atoms with Crippen LogP contribution in [-0.4, -0.2) is 64.9 Å². The van der Waals surface area contributed by atoms with Crippen LogP contribution in [0.15, 0.2) is 18.3 Å². The molecule has 1 aromatic rings. The molecule has 0 aliphatic carbocycles. The number of unbranched alkanes of at least 4 members (excludes halogenated alkanes) is 1. The fourth-order valence-electron chi connectivity index (χ4n) is 2.68. The third kappa shape index (κ3) is 7.38. The second-order valence-electron chi connectivity index (χ2n) is 6.50. The Hall–Kier alpha value is -1.53. The lowest BCUT2D eigenvalue weighted by Crippen LogP contribution is -2.45. The SMILES string of the molecule is CCCCN(Cc1cccn1C)C(=O)CN(CCCOC)C(=O)C(C)Cl. The van der Waals surface area contributed by atoms with Crippen LogP contribution in [0.1, 0.15) is 38.8 Å². The normalized spacial score (nSPS) is 12.0.